The lowest BCUT2D eigenvalue weighted by atomic mass is 10.1. The normalized spacial score (nSPS) is 13.4. The van der Waals surface area contributed by atoms with Crippen molar-refractivity contribution >= 4 is 11.6 Å². The fourth-order valence-electron chi connectivity index (χ4n) is 3.82. The highest BCUT2D eigenvalue weighted by Gasteiger charge is 2.34. The molecule has 9 nitrogen and oxygen atoms in total. The minimum atomic E-state index is -0.280. The van der Waals surface area contributed by atoms with Crippen molar-refractivity contribution in [3.63, 3.8) is 0 Å². The summed E-state index contributed by atoms with van der Waals surface area (Å²) in [6.45, 7) is 4.03. The second-order valence-electron chi connectivity index (χ2n) is 7.77. The zero-order valence-electron chi connectivity index (χ0n) is 17.6. The monoisotopic (exact) mass is 414 g/mol. The summed E-state index contributed by atoms with van der Waals surface area (Å²) in [6.07, 6.45) is 7.10. The van der Waals surface area contributed by atoms with E-state index in [1.54, 1.807) is 29.2 Å². The van der Waals surface area contributed by atoms with E-state index in [9.17, 15) is 4.79 Å². The molecule has 4 aromatic rings. The summed E-state index contributed by atoms with van der Waals surface area (Å²) >= 11 is 0. The molecule has 1 fully saturated rings. The summed E-state index contributed by atoms with van der Waals surface area (Å²) in [5.41, 5.74) is 5.94. The maximum absolute atomic E-state index is 12.9. The van der Waals surface area contributed by atoms with Crippen LogP contribution in [0.1, 0.15) is 46.3 Å². The van der Waals surface area contributed by atoms with E-state index in [0.29, 0.717) is 17.2 Å². The SMILES string of the molecule is Cc1nn(C)c(C)c1-c1ccc(-n2nnc(C(=O)Nc3ccncc3)c2C2CC2)nc1. The van der Waals surface area contributed by atoms with Crippen molar-refractivity contribution in [2.24, 2.45) is 7.05 Å². The molecular weight excluding hydrogens is 392 g/mol. The van der Waals surface area contributed by atoms with Gasteiger partial charge >= 0.3 is 0 Å². The van der Waals surface area contributed by atoms with E-state index in [4.69, 9.17) is 0 Å². The smallest absolute Gasteiger partial charge is 0.278 e. The van der Waals surface area contributed by atoms with E-state index < -0.39 is 0 Å². The Morgan fingerprint density at radius 1 is 1.13 bits per heavy atom. The Kier molecular flexibility index (Phi) is 4.58. The molecule has 5 rings (SSSR count). The van der Waals surface area contributed by atoms with Crippen LogP contribution in [0.25, 0.3) is 16.9 Å². The van der Waals surface area contributed by atoms with Crippen LogP contribution in [0.2, 0.25) is 0 Å². The Morgan fingerprint density at radius 3 is 2.52 bits per heavy atom. The van der Waals surface area contributed by atoms with Crippen LogP contribution < -0.4 is 5.32 Å². The van der Waals surface area contributed by atoms with Crippen LogP contribution in [-0.4, -0.2) is 40.6 Å². The predicted molar refractivity (Wildman–Crippen MR) is 115 cm³/mol. The number of nitrogens with zero attached hydrogens (tertiary/aromatic N) is 7. The van der Waals surface area contributed by atoms with E-state index in [1.807, 2.05) is 43.9 Å². The number of rotatable bonds is 5. The van der Waals surface area contributed by atoms with Crippen molar-refractivity contribution in [3.05, 3.63) is 65.6 Å². The van der Waals surface area contributed by atoms with Crippen LogP contribution in [0.4, 0.5) is 5.69 Å². The summed E-state index contributed by atoms with van der Waals surface area (Å²) in [5, 5.41) is 15.8. The molecule has 0 atom stereocenters. The zero-order chi connectivity index (χ0) is 21.5. The molecule has 1 N–H and O–H groups in total. The van der Waals surface area contributed by atoms with Gasteiger partial charge in [-0.15, -0.1) is 5.10 Å². The van der Waals surface area contributed by atoms with Gasteiger partial charge in [-0.3, -0.25) is 14.5 Å². The van der Waals surface area contributed by atoms with Gasteiger partial charge in [-0.05, 0) is 51.0 Å². The first-order valence-electron chi connectivity index (χ1n) is 10.2. The number of aromatic nitrogens is 7. The number of pyridine rings is 2. The molecule has 1 aliphatic rings. The molecule has 1 amide bonds. The Morgan fingerprint density at radius 2 is 1.90 bits per heavy atom. The second kappa shape index (κ2) is 7.42. The van der Waals surface area contributed by atoms with Crippen LogP contribution in [0, 0.1) is 13.8 Å². The van der Waals surface area contributed by atoms with Gasteiger partial charge in [-0.2, -0.15) is 9.78 Å². The van der Waals surface area contributed by atoms with Gasteiger partial charge in [-0.1, -0.05) is 5.21 Å². The number of carbonyl (C=O) groups excluding carboxylic acids is 1. The van der Waals surface area contributed by atoms with Crippen LogP contribution in [-0.2, 0) is 7.05 Å². The Balaban J connectivity index is 1.47. The quantitative estimate of drug-likeness (QED) is 0.538. The van der Waals surface area contributed by atoms with Crippen molar-refractivity contribution < 1.29 is 4.79 Å². The lowest BCUT2D eigenvalue weighted by molar-refractivity contribution is 0.102. The largest absolute Gasteiger partial charge is 0.320 e. The maximum Gasteiger partial charge on any atom is 0.278 e. The minimum absolute atomic E-state index is 0.262. The molecule has 0 saturated heterocycles. The highest BCUT2D eigenvalue weighted by atomic mass is 16.2. The fourth-order valence-corrected chi connectivity index (χ4v) is 3.82. The number of anilines is 1. The molecule has 1 saturated carbocycles. The topological polar surface area (TPSA) is 103 Å². The first-order chi connectivity index (χ1) is 15.0. The molecule has 31 heavy (non-hydrogen) atoms. The van der Waals surface area contributed by atoms with Crippen LogP contribution in [0.15, 0.2) is 42.9 Å². The summed E-state index contributed by atoms with van der Waals surface area (Å²) in [6, 6.07) is 7.39. The van der Waals surface area contributed by atoms with Gasteiger partial charge in [0.05, 0.1) is 11.4 Å². The molecule has 0 unspecified atom stereocenters. The molecule has 9 heteroatoms. The number of nitrogens with one attached hydrogen (secondary N) is 1. The number of hydrogen-bond acceptors (Lipinski definition) is 6. The third-order valence-electron chi connectivity index (χ3n) is 5.58. The third kappa shape index (κ3) is 3.48. The summed E-state index contributed by atoms with van der Waals surface area (Å²) < 4.78 is 3.56. The number of aryl methyl sites for hydroxylation is 2. The van der Waals surface area contributed by atoms with Crippen LogP contribution in [0.5, 0.6) is 0 Å². The first-order valence-corrected chi connectivity index (χ1v) is 10.2. The molecule has 0 spiro atoms. The van der Waals surface area contributed by atoms with Gasteiger partial charge in [0.2, 0.25) is 0 Å². The van der Waals surface area contributed by atoms with Gasteiger partial charge in [0.1, 0.15) is 0 Å². The first kappa shape index (κ1) is 19.1. The summed E-state index contributed by atoms with van der Waals surface area (Å²) in [5.74, 6) is 0.621. The van der Waals surface area contributed by atoms with Gasteiger partial charge < -0.3 is 5.32 Å². The number of hydrogen-bond donors (Lipinski definition) is 1. The molecule has 0 radical (unpaired) electrons. The van der Waals surface area contributed by atoms with Crippen molar-refractivity contribution in [1.29, 1.82) is 0 Å². The maximum atomic E-state index is 12.9. The molecule has 156 valence electrons. The molecule has 4 aromatic heterocycles. The molecule has 1 aliphatic carbocycles. The second-order valence-corrected chi connectivity index (χ2v) is 7.77. The molecular formula is C22H22N8O. The van der Waals surface area contributed by atoms with Crippen molar-refractivity contribution in [1.82, 2.24) is 34.7 Å². The Labute approximate surface area is 179 Å². The molecule has 0 bridgehead atoms. The van der Waals surface area contributed by atoms with Crippen LogP contribution in [0.3, 0.4) is 0 Å². The standard InChI is InChI=1S/C22H22N8O/c1-13-19(14(2)29(3)27-13)16-6-7-18(24-12-16)30-21(15-4-5-15)20(26-28-30)22(31)25-17-8-10-23-11-9-17/h6-12,15H,4-5H2,1-3H3,(H,23,25,31). The van der Waals surface area contributed by atoms with E-state index in [0.717, 1.165) is 41.1 Å². The van der Waals surface area contributed by atoms with E-state index in [1.165, 1.54) is 0 Å². The average Bonchev–Trinajstić information content (AvgIpc) is 3.46. The van der Waals surface area contributed by atoms with Crippen molar-refractivity contribution in [2.45, 2.75) is 32.6 Å². The number of carbonyl (C=O) groups is 1. The van der Waals surface area contributed by atoms with Crippen LogP contribution >= 0.6 is 0 Å². The molecule has 4 heterocycles. The zero-order valence-corrected chi connectivity index (χ0v) is 17.6. The van der Waals surface area contributed by atoms with Gasteiger partial charge in [0.25, 0.3) is 5.91 Å². The summed E-state index contributed by atoms with van der Waals surface area (Å²) in [4.78, 5) is 21.4. The van der Waals surface area contributed by atoms with E-state index >= 15 is 0 Å². The van der Waals surface area contributed by atoms with E-state index in [-0.39, 0.29) is 11.8 Å². The fraction of sp³-hybridized carbons (Fsp3) is 0.273. The van der Waals surface area contributed by atoms with E-state index in [2.05, 4.69) is 30.7 Å². The lowest BCUT2D eigenvalue weighted by Crippen LogP contribution is -2.15. The van der Waals surface area contributed by atoms with Crippen molar-refractivity contribution in [2.75, 3.05) is 5.32 Å². The molecule has 0 aliphatic heterocycles. The van der Waals surface area contributed by atoms with Gasteiger partial charge in [0.15, 0.2) is 11.5 Å². The Bertz CT molecular complexity index is 1250. The highest BCUT2D eigenvalue weighted by Crippen LogP contribution is 2.42. The minimum Gasteiger partial charge on any atom is -0.320 e. The third-order valence-corrected chi connectivity index (χ3v) is 5.58. The number of amides is 1. The van der Waals surface area contributed by atoms with Crippen molar-refractivity contribution in [3.8, 4) is 16.9 Å². The predicted octanol–water partition coefficient (Wildman–Crippen LogP) is 3.20. The Hall–Kier alpha value is -3.88. The lowest BCUT2D eigenvalue weighted by Gasteiger charge is -2.08. The average molecular weight is 414 g/mol. The highest BCUT2D eigenvalue weighted by molar-refractivity contribution is 6.03. The molecule has 0 aromatic carbocycles. The van der Waals surface area contributed by atoms with Gasteiger partial charge in [-0.25, -0.2) is 4.98 Å². The van der Waals surface area contributed by atoms with Gasteiger partial charge in [0, 0.05) is 54.1 Å². The summed E-state index contributed by atoms with van der Waals surface area (Å²) in [7, 11) is 1.93.